The van der Waals surface area contributed by atoms with E-state index in [0.717, 1.165) is 30.3 Å². The highest BCUT2D eigenvalue weighted by Crippen LogP contribution is 2.36. The second-order valence-electron chi connectivity index (χ2n) is 7.09. The molecule has 0 saturated heterocycles. The van der Waals surface area contributed by atoms with Gasteiger partial charge in [0.2, 0.25) is 0 Å². The van der Waals surface area contributed by atoms with Crippen molar-refractivity contribution < 1.29 is 32.2 Å². The first-order chi connectivity index (χ1) is 16.2. The van der Waals surface area contributed by atoms with E-state index in [1.54, 1.807) is 6.92 Å². The second-order valence-corrected chi connectivity index (χ2v) is 7.09. The van der Waals surface area contributed by atoms with Gasteiger partial charge in [-0.25, -0.2) is 22.9 Å². The normalized spacial score (nSPS) is 10.6. The standard InChI is InChI=1S/C24H22F3N3O4/c1-5-34-24(31)20-11-17(22-18(26)9-16(33-4)10-19(22)27)21(12(2)28)23(30-20)29-14-6-13(25)7-15(8-14)32-3/h6-11,28H,5H2,1-4H3,(H,29,30). The molecule has 0 fully saturated rings. The summed E-state index contributed by atoms with van der Waals surface area (Å²) in [5, 5.41) is 11.1. The Labute approximate surface area is 194 Å². The van der Waals surface area contributed by atoms with E-state index in [4.69, 9.17) is 19.6 Å². The molecule has 0 aliphatic heterocycles. The van der Waals surface area contributed by atoms with Crippen LogP contribution in [0.4, 0.5) is 24.7 Å². The molecule has 0 spiro atoms. The number of ether oxygens (including phenoxy) is 3. The number of carbonyl (C=O) groups is 1. The summed E-state index contributed by atoms with van der Waals surface area (Å²) in [4.78, 5) is 16.7. The summed E-state index contributed by atoms with van der Waals surface area (Å²) >= 11 is 0. The lowest BCUT2D eigenvalue weighted by Gasteiger charge is -2.18. The number of methoxy groups -OCH3 is 2. The summed E-state index contributed by atoms with van der Waals surface area (Å²) < 4.78 is 59.0. The van der Waals surface area contributed by atoms with Gasteiger partial charge in [-0.1, -0.05) is 0 Å². The van der Waals surface area contributed by atoms with Crippen LogP contribution in [0.25, 0.3) is 11.1 Å². The predicted octanol–water partition coefficient (Wildman–Crippen LogP) is 5.49. The molecule has 0 bridgehead atoms. The van der Waals surface area contributed by atoms with Crippen molar-refractivity contribution in [3.63, 3.8) is 0 Å². The van der Waals surface area contributed by atoms with Crippen molar-refractivity contribution >= 4 is 23.2 Å². The van der Waals surface area contributed by atoms with Crippen molar-refractivity contribution in [2.45, 2.75) is 13.8 Å². The minimum Gasteiger partial charge on any atom is -0.497 e. The molecular formula is C24H22F3N3O4. The summed E-state index contributed by atoms with van der Waals surface area (Å²) in [6.45, 7) is 3.02. The maximum absolute atomic E-state index is 15.0. The molecule has 7 nitrogen and oxygen atoms in total. The minimum atomic E-state index is -0.973. The number of nitrogens with one attached hydrogen (secondary N) is 2. The summed E-state index contributed by atoms with van der Waals surface area (Å²) in [7, 11) is 2.63. The van der Waals surface area contributed by atoms with E-state index >= 15 is 8.78 Å². The fraction of sp³-hybridized carbons (Fsp3) is 0.208. The van der Waals surface area contributed by atoms with Crippen molar-refractivity contribution in [1.82, 2.24) is 4.98 Å². The molecule has 2 N–H and O–H groups in total. The molecule has 2 aromatic carbocycles. The molecule has 3 aromatic rings. The van der Waals surface area contributed by atoms with Crippen molar-refractivity contribution in [3.8, 4) is 22.6 Å². The van der Waals surface area contributed by atoms with Gasteiger partial charge in [-0.05, 0) is 26.0 Å². The van der Waals surface area contributed by atoms with Crippen LogP contribution in [-0.4, -0.2) is 37.5 Å². The van der Waals surface area contributed by atoms with E-state index in [2.05, 4.69) is 10.3 Å². The van der Waals surface area contributed by atoms with Gasteiger partial charge in [-0.15, -0.1) is 0 Å². The SMILES string of the molecule is CCOC(=O)c1cc(-c2c(F)cc(OC)cc2F)c(C(C)=N)c(Nc2cc(F)cc(OC)c2)n1. The molecule has 10 heteroatoms. The lowest BCUT2D eigenvalue weighted by molar-refractivity contribution is 0.0519. The first-order valence-electron chi connectivity index (χ1n) is 10.1. The molecule has 0 saturated carbocycles. The lowest BCUT2D eigenvalue weighted by atomic mass is 9.95. The van der Waals surface area contributed by atoms with Crippen LogP contribution < -0.4 is 14.8 Å². The van der Waals surface area contributed by atoms with Crippen LogP contribution in [0.2, 0.25) is 0 Å². The molecule has 3 rings (SSSR count). The number of carbonyl (C=O) groups excluding carboxylic acids is 1. The topological polar surface area (TPSA) is 93.5 Å². The fourth-order valence-corrected chi connectivity index (χ4v) is 3.34. The highest BCUT2D eigenvalue weighted by Gasteiger charge is 2.25. The van der Waals surface area contributed by atoms with Crippen LogP contribution in [0.5, 0.6) is 11.5 Å². The Morgan fingerprint density at radius 1 is 1.00 bits per heavy atom. The zero-order valence-electron chi connectivity index (χ0n) is 18.9. The first kappa shape index (κ1) is 24.6. The summed E-state index contributed by atoms with van der Waals surface area (Å²) in [6, 6.07) is 6.87. The smallest absolute Gasteiger partial charge is 0.357 e. The summed E-state index contributed by atoms with van der Waals surface area (Å²) in [5.74, 6) is -3.36. The Kier molecular flexibility index (Phi) is 7.40. The van der Waals surface area contributed by atoms with Crippen LogP contribution >= 0.6 is 0 Å². The summed E-state index contributed by atoms with van der Waals surface area (Å²) in [5.41, 5.74) is -0.807. The Morgan fingerprint density at radius 3 is 2.18 bits per heavy atom. The Bertz CT molecular complexity index is 1240. The number of aromatic nitrogens is 1. The van der Waals surface area contributed by atoms with E-state index in [1.165, 1.54) is 27.2 Å². The highest BCUT2D eigenvalue weighted by atomic mass is 19.1. The zero-order chi connectivity index (χ0) is 25.0. The van der Waals surface area contributed by atoms with Crippen molar-refractivity contribution in [3.05, 3.63) is 65.1 Å². The van der Waals surface area contributed by atoms with Crippen molar-refractivity contribution in [2.24, 2.45) is 0 Å². The second kappa shape index (κ2) is 10.2. The van der Waals surface area contributed by atoms with Gasteiger partial charge in [-0.2, -0.15) is 0 Å². The molecule has 1 heterocycles. The Balaban J connectivity index is 2.31. The van der Waals surface area contributed by atoms with Gasteiger partial charge in [-0.3, -0.25) is 0 Å². The van der Waals surface area contributed by atoms with Crippen LogP contribution in [0.1, 0.15) is 29.9 Å². The van der Waals surface area contributed by atoms with Crippen LogP contribution in [0.3, 0.4) is 0 Å². The molecule has 178 valence electrons. The van der Waals surface area contributed by atoms with E-state index < -0.39 is 29.0 Å². The van der Waals surface area contributed by atoms with Gasteiger partial charge in [0.25, 0.3) is 0 Å². The number of benzene rings is 2. The van der Waals surface area contributed by atoms with Crippen molar-refractivity contribution in [2.75, 3.05) is 26.1 Å². The van der Waals surface area contributed by atoms with Gasteiger partial charge >= 0.3 is 5.97 Å². The van der Waals surface area contributed by atoms with E-state index in [1.807, 2.05) is 0 Å². The first-order valence-corrected chi connectivity index (χ1v) is 10.1. The maximum atomic E-state index is 15.0. The molecule has 0 atom stereocenters. The average Bonchev–Trinajstić information content (AvgIpc) is 2.77. The molecular weight excluding hydrogens is 451 g/mol. The molecule has 0 unspecified atom stereocenters. The van der Waals surface area contributed by atoms with Gasteiger partial charge in [0.15, 0.2) is 5.69 Å². The lowest BCUT2D eigenvalue weighted by Crippen LogP contribution is -2.13. The number of nitrogens with zero attached hydrogens (tertiary/aromatic N) is 1. The predicted molar refractivity (Wildman–Crippen MR) is 121 cm³/mol. The van der Waals surface area contributed by atoms with Gasteiger partial charge in [0.1, 0.15) is 34.8 Å². The number of pyridine rings is 1. The van der Waals surface area contributed by atoms with Crippen molar-refractivity contribution in [1.29, 1.82) is 5.41 Å². The number of halogens is 3. The fourth-order valence-electron chi connectivity index (χ4n) is 3.34. The zero-order valence-corrected chi connectivity index (χ0v) is 18.9. The van der Waals surface area contributed by atoms with E-state index in [0.29, 0.717) is 0 Å². The summed E-state index contributed by atoms with van der Waals surface area (Å²) in [6.07, 6.45) is 0. The van der Waals surface area contributed by atoms with Gasteiger partial charge in [0.05, 0.1) is 26.4 Å². The number of hydrogen-bond donors (Lipinski definition) is 2. The third-order valence-corrected chi connectivity index (χ3v) is 4.77. The van der Waals surface area contributed by atoms with Crippen LogP contribution in [-0.2, 0) is 4.74 Å². The van der Waals surface area contributed by atoms with Gasteiger partial charge in [0, 0.05) is 46.8 Å². The number of hydrogen-bond acceptors (Lipinski definition) is 7. The molecule has 34 heavy (non-hydrogen) atoms. The molecule has 0 aliphatic carbocycles. The third-order valence-electron chi connectivity index (χ3n) is 4.77. The quantitative estimate of drug-likeness (QED) is 0.332. The maximum Gasteiger partial charge on any atom is 0.357 e. The molecule has 0 aliphatic rings. The molecule has 0 radical (unpaired) electrons. The number of esters is 1. The Morgan fingerprint density at radius 2 is 1.62 bits per heavy atom. The van der Waals surface area contributed by atoms with E-state index in [9.17, 15) is 9.18 Å². The van der Waals surface area contributed by atoms with Gasteiger partial charge < -0.3 is 24.9 Å². The minimum absolute atomic E-state index is 0.000701. The average molecular weight is 473 g/mol. The number of rotatable bonds is 8. The monoisotopic (exact) mass is 473 g/mol. The largest absolute Gasteiger partial charge is 0.497 e. The molecule has 0 amide bonds. The van der Waals surface area contributed by atoms with Crippen LogP contribution in [0, 0.1) is 22.9 Å². The highest BCUT2D eigenvalue weighted by molar-refractivity contribution is 6.08. The van der Waals surface area contributed by atoms with E-state index in [-0.39, 0.29) is 52.1 Å². The molecule has 1 aromatic heterocycles. The Hall–Kier alpha value is -4.08. The van der Waals surface area contributed by atoms with Crippen LogP contribution in [0.15, 0.2) is 36.4 Å². The number of anilines is 2. The third kappa shape index (κ3) is 5.11.